The van der Waals surface area contributed by atoms with E-state index in [2.05, 4.69) is 20.3 Å². The number of hydrogen-bond acceptors (Lipinski definition) is 4. The summed E-state index contributed by atoms with van der Waals surface area (Å²) < 4.78 is 5.28. The van der Waals surface area contributed by atoms with Crippen molar-refractivity contribution < 1.29 is 4.74 Å². The summed E-state index contributed by atoms with van der Waals surface area (Å²) in [5.74, 6) is 0.781. The first-order valence-electron chi connectivity index (χ1n) is 8.77. The van der Waals surface area contributed by atoms with Crippen molar-refractivity contribution in [2.75, 3.05) is 19.0 Å². The van der Waals surface area contributed by atoms with Gasteiger partial charge in [-0.1, -0.05) is 6.07 Å². The van der Waals surface area contributed by atoms with Gasteiger partial charge in [-0.2, -0.15) is 0 Å². The fourth-order valence-corrected chi connectivity index (χ4v) is 3.14. The van der Waals surface area contributed by atoms with E-state index in [1.807, 2.05) is 48.5 Å². The molecule has 6 nitrogen and oxygen atoms in total. The molecule has 0 saturated heterocycles. The maximum absolute atomic E-state index is 12.5. The second-order valence-electron chi connectivity index (χ2n) is 6.23. The number of H-pyrrole nitrogens is 2. The van der Waals surface area contributed by atoms with E-state index in [1.54, 1.807) is 19.5 Å². The normalized spacial score (nSPS) is 10.9. The molecule has 0 fully saturated rings. The van der Waals surface area contributed by atoms with E-state index < -0.39 is 0 Å². The lowest BCUT2D eigenvalue weighted by Crippen LogP contribution is -2.14. The second kappa shape index (κ2) is 7.37. The number of nitrogens with zero attached hydrogens (tertiary/aromatic N) is 1. The van der Waals surface area contributed by atoms with Gasteiger partial charge in [-0.25, -0.2) is 0 Å². The molecule has 27 heavy (non-hydrogen) atoms. The van der Waals surface area contributed by atoms with Gasteiger partial charge in [0.05, 0.1) is 24.1 Å². The molecule has 0 bridgehead atoms. The molecule has 136 valence electrons. The first-order valence-corrected chi connectivity index (χ1v) is 8.77. The van der Waals surface area contributed by atoms with Gasteiger partial charge in [0.2, 0.25) is 0 Å². The van der Waals surface area contributed by atoms with Crippen LogP contribution in [-0.4, -0.2) is 28.6 Å². The molecule has 4 rings (SSSR count). The van der Waals surface area contributed by atoms with Crippen molar-refractivity contribution in [2.24, 2.45) is 0 Å². The number of methoxy groups -OCH3 is 1. The molecule has 3 aromatic heterocycles. The lowest BCUT2D eigenvalue weighted by Gasteiger charge is -2.10. The first-order chi connectivity index (χ1) is 13.2. The van der Waals surface area contributed by atoms with Crippen LogP contribution in [0.25, 0.3) is 22.2 Å². The van der Waals surface area contributed by atoms with Crippen LogP contribution < -0.4 is 15.6 Å². The Hall–Kier alpha value is -3.54. The van der Waals surface area contributed by atoms with E-state index in [9.17, 15) is 4.79 Å². The minimum Gasteiger partial charge on any atom is -0.497 e. The first kappa shape index (κ1) is 16.9. The van der Waals surface area contributed by atoms with Gasteiger partial charge in [0.15, 0.2) is 0 Å². The van der Waals surface area contributed by atoms with E-state index >= 15 is 0 Å². The topological polar surface area (TPSA) is 82.8 Å². The molecule has 0 aliphatic carbocycles. The van der Waals surface area contributed by atoms with Gasteiger partial charge in [-0.3, -0.25) is 9.78 Å². The standard InChI is InChI=1S/C21H20N4O2/c1-27-16-5-6-17-14(12-16)13-19(25-17)20-18(8-11-24-21(20)26)23-10-7-15-4-2-3-9-22-15/h2-6,8-9,11-13,25H,7,10H2,1H3,(H2,23,24,26). The van der Waals surface area contributed by atoms with E-state index in [4.69, 9.17) is 4.74 Å². The van der Waals surface area contributed by atoms with Crippen LogP contribution in [0.1, 0.15) is 5.69 Å². The van der Waals surface area contributed by atoms with E-state index in [0.29, 0.717) is 12.1 Å². The largest absolute Gasteiger partial charge is 0.497 e. The summed E-state index contributed by atoms with van der Waals surface area (Å²) in [5.41, 5.74) is 3.96. The molecule has 6 heteroatoms. The third-order valence-corrected chi connectivity index (χ3v) is 4.48. The fraction of sp³-hybridized carbons (Fsp3) is 0.143. The summed E-state index contributed by atoms with van der Waals surface area (Å²) in [6, 6.07) is 15.5. The summed E-state index contributed by atoms with van der Waals surface area (Å²) in [5, 5.41) is 4.36. The molecule has 3 heterocycles. The Bertz CT molecular complexity index is 1120. The smallest absolute Gasteiger partial charge is 0.259 e. The van der Waals surface area contributed by atoms with Gasteiger partial charge < -0.3 is 20.0 Å². The number of aromatic amines is 2. The van der Waals surface area contributed by atoms with Crippen molar-refractivity contribution in [3.63, 3.8) is 0 Å². The van der Waals surface area contributed by atoms with Crippen molar-refractivity contribution in [3.8, 4) is 17.0 Å². The number of benzene rings is 1. The molecule has 0 spiro atoms. The Morgan fingerprint density at radius 3 is 2.89 bits per heavy atom. The highest BCUT2D eigenvalue weighted by molar-refractivity contribution is 5.89. The average Bonchev–Trinajstić information content (AvgIpc) is 3.11. The van der Waals surface area contributed by atoms with Gasteiger partial charge in [0, 0.05) is 42.0 Å². The van der Waals surface area contributed by atoms with Crippen LogP contribution in [-0.2, 0) is 6.42 Å². The van der Waals surface area contributed by atoms with Crippen molar-refractivity contribution in [2.45, 2.75) is 6.42 Å². The summed E-state index contributed by atoms with van der Waals surface area (Å²) >= 11 is 0. The summed E-state index contributed by atoms with van der Waals surface area (Å²) in [6.45, 7) is 0.682. The second-order valence-corrected chi connectivity index (χ2v) is 6.23. The predicted molar refractivity (Wildman–Crippen MR) is 107 cm³/mol. The SMILES string of the molecule is COc1ccc2[nH]c(-c3c(NCCc4ccccn4)cc[nH]c3=O)cc2c1. The molecule has 0 atom stereocenters. The van der Waals surface area contributed by atoms with E-state index in [0.717, 1.165) is 40.1 Å². The van der Waals surface area contributed by atoms with Gasteiger partial charge in [0.1, 0.15) is 5.75 Å². The number of pyridine rings is 2. The third-order valence-electron chi connectivity index (χ3n) is 4.48. The van der Waals surface area contributed by atoms with Gasteiger partial charge in [0.25, 0.3) is 5.56 Å². The highest BCUT2D eigenvalue weighted by Gasteiger charge is 2.13. The highest BCUT2D eigenvalue weighted by Crippen LogP contribution is 2.29. The van der Waals surface area contributed by atoms with Crippen LogP contribution in [0, 0.1) is 0 Å². The van der Waals surface area contributed by atoms with Crippen LogP contribution in [0.4, 0.5) is 5.69 Å². The lowest BCUT2D eigenvalue weighted by atomic mass is 10.1. The van der Waals surface area contributed by atoms with Crippen molar-refractivity contribution >= 4 is 16.6 Å². The molecule has 1 aromatic carbocycles. The molecule has 0 aliphatic rings. The van der Waals surface area contributed by atoms with E-state index in [1.165, 1.54) is 0 Å². The molecular weight excluding hydrogens is 340 g/mol. The summed E-state index contributed by atoms with van der Waals surface area (Å²) in [6.07, 6.45) is 4.21. The van der Waals surface area contributed by atoms with E-state index in [-0.39, 0.29) is 5.56 Å². The van der Waals surface area contributed by atoms with Gasteiger partial charge >= 0.3 is 0 Å². The Balaban J connectivity index is 1.63. The zero-order valence-corrected chi connectivity index (χ0v) is 15.0. The average molecular weight is 360 g/mol. The molecule has 0 radical (unpaired) electrons. The Kier molecular flexibility index (Phi) is 4.61. The summed E-state index contributed by atoms with van der Waals surface area (Å²) in [4.78, 5) is 22.9. The molecule has 0 saturated carbocycles. The van der Waals surface area contributed by atoms with Crippen LogP contribution in [0.3, 0.4) is 0 Å². The number of ether oxygens (including phenoxy) is 1. The number of fused-ring (bicyclic) bond motifs is 1. The predicted octanol–water partition coefficient (Wildman–Crippen LogP) is 3.58. The molecule has 4 aromatic rings. The maximum Gasteiger partial charge on any atom is 0.259 e. The quantitative estimate of drug-likeness (QED) is 0.491. The summed E-state index contributed by atoms with van der Waals surface area (Å²) in [7, 11) is 1.64. The van der Waals surface area contributed by atoms with Gasteiger partial charge in [-0.05, 0) is 42.5 Å². The number of anilines is 1. The highest BCUT2D eigenvalue weighted by atomic mass is 16.5. The van der Waals surface area contributed by atoms with Crippen molar-refractivity contribution in [1.29, 1.82) is 0 Å². The fourth-order valence-electron chi connectivity index (χ4n) is 3.14. The van der Waals surface area contributed by atoms with Gasteiger partial charge in [-0.15, -0.1) is 0 Å². The number of rotatable bonds is 6. The Morgan fingerprint density at radius 2 is 2.07 bits per heavy atom. The Morgan fingerprint density at radius 1 is 1.15 bits per heavy atom. The minimum absolute atomic E-state index is 0.142. The zero-order valence-electron chi connectivity index (χ0n) is 15.0. The number of nitrogens with one attached hydrogen (secondary N) is 3. The lowest BCUT2D eigenvalue weighted by molar-refractivity contribution is 0.415. The molecule has 0 unspecified atom stereocenters. The Labute approximate surface area is 156 Å². The van der Waals surface area contributed by atoms with Crippen molar-refractivity contribution in [3.05, 3.63) is 77.0 Å². The minimum atomic E-state index is -0.142. The van der Waals surface area contributed by atoms with Crippen LogP contribution in [0.2, 0.25) is 0 Å². The maximum atomic E-state index is 12.5. The zero-order chi connectivity index (χ0) is 18.6. The molecule has 3 N–H and O–H groups in total. The number of hydrogen-bond donors (Lipinski definition) is 3. The van der Waals surface area contributed by atoms with Crippen LogP contribution in [0.15, 0.2) is 65.7 Å². The number of aromatic nitrogens is 3. The molecule has 0 aliphatic heterocycles. The third kappa shape index (κ3) is 3.55. The van der Waals surface area contributed by atoms with Crippen molar-refractivity contribution in [1.82, 2.24) is 15.0 Å². The molecular formula is C21H20N4O2. The van der Waals surface area contributed by atoms with Crippen LogP contribution >= 0.6 is 0 Å². The van der Waals surface area contributed by atoms with Crippen LogP contribution in [0.5, 0.6) is 5.75 Å². The molecule has 0 amide bonds. The monoisotopic (exact) mass is 360 g/mol.